The van der Waals surface area contributed by atoms with Gasteiger partial charge in [0.2, 0.25) is 0 Å². The zero-order chi connectivity index (χ0) is 26.3. The van der Waals surface area contributed by atoms with Gasteiger partial charge < -0.3 is 24.3 Å². The fourth-order valence-corrected chi connectivity index (χ4v) is 5.35. The highest BCUT2D eigenvalue weighted by molar-refractivity contribution is 5.52. The number of pyridine rings is 1. The second-order valence-electron chi connectivity index (χ2n) is 10.8. The van der Waals surface area contributed by atoms with Gasteiger partial charge in [0.05, 0.1) is 12.8 Å². The van der Waals surface area contributed by atoms with Crippen LogP contribution in [0.3, 0.4) is 0 Å². The second kappa shape index (κ2) is 12.6. The average Bonchev–Trinajstić information content (AvgIpc) is 2.95. The van der Waals surface area contributed by atoms with Crippen LogP contribution in [0, 0.1) is 0 Å². The van der Waals surface area contributed by atoms with E-state index >= 15 is 0 Å². The third kappa shape index (κ3) is 7.04. The van der Waals surface area contributed by atoms with E-state index in [1.807, 2.05) is 12.3 Å². The van der Waals surface area contributed by atoms with Crippen molar-refractivity contribution in [2.24, 2.45) is 0 Å². The lowest BCUT2D eigenvalue weighted by atomic mass is 10.1. The highest BCUT2D eigenvalue weighted by Gasteiger charge is 2.18. The van der Waals surface area contributed by atoms with Crippen molar-refractivity contribution in [3.05, 3.63) is 83.7 Å². The number of benzene rings is 2. The molecule has 2 aliphatic heterocycles. The molecule has 2 aliphatic rings. The van der Waals surface area contributed by atoms with E-state index in [1.54, 1.807) is 7.11 Å². The molecule has 0 amide bonds. The molecule has 2 saturated heterocycles. The number of nitrogens with zero attached hydrogens (tertiary/aromatic N) is 6. The summed E-state index contributed by atoms with van der Waals surface area (Å²) in [5.74, 6) is 0.894. The van der Waals surface area contributed by atoms with E-state index in [0.29, 0.717) is 0 Å². The Bertz CT molecular complexity index is 1170. The van der Waals surface area contributed by atoms with Crippen LogP contribution < -0.4 is 14.5 Å². The predicted molar refractivity (Wildman–Crippen MR) is 156 cm³/mol. The monoisotopic (exact) mass is 514 g/mol. The van der Waals surface area contributed by atoms with Crippen LogP contribution in [0.4, 0.5) is 11.4 Å². The zero-order valence-corrected chi connectivity index (χ0v) is 23.2. The van der Waals surface area contributed by atoms with E-state index < -0.39 is 0 Å². The summed E-state index contributed by atoms with van der Waals surface area (Å²) >= 11 is 0. The summed E-state index contributed by atoms with van der Waals surface area (Å²) in [7, 11) is 6.14. The number of methoxy groups -OCH3 is 1. The Morgan fingerprint density at radius 1 is 0.763 bits per heavy atom. The van der Waals surface area contributed by atoms with E-state index in [0.717, 1.165) is 83.4 Å². The first-order valence-corrected chi connectivity index (χ1v) is 13.8. The number of ether oxygens (including phenoxy) is 1. The smallest absolute Gasteiger partial charge is 0.119 e. The van der Waals surface area contributed by atoms with Gasteiger partial charge in [-0.05, 0) is 61.6 Å². The summed E-state index contributed by atoms with van der Waals surface area (Å²) < 4.78 is 5.52. The molecule has 2 fully saturated rings. The van der Waals surface area contributed by atoms with Gasteiger partial charge in [0.25, 0.3) is 0 Å². The molecule has 202 valence electrons. The summed E-state index contributed by atoms with van der Waals surface area (Å²) in [5.41, 5.74) is 6.21. The van der Waals surface area contributed by atoms with E-state index in [1.165, 1.54) is 22.5 Å². The number of piperazine rings is 2. The number of aromatic nitrogens is 1. The van der Waals surface area contributed by atoms with Crippen molar-refractivity contribution in [2.45, 2.75) is 19.6 Å². The Kier molecular flexibility index (Phi) is 8.79. The van der Waals surface area contributed by atoms with Crippen molar-refractivity contribution in [3.8, 4) is 5.75 Å². The Hall–Kier alpha value is -3.13. The van der Waals surface area contributed by atoms with E-state index in [2.05, 4.69) is 93.2 Å². The highest BCUT2D eigenvalue weighted by Crippen LogP contribution is 2.25. The van der Waals surface area contributed by atoms with Crippen LogP contribution in [-0.4, -0.2) is 93.2 Å². The van der Waals surface area contributed by atoms with Crippen molar-refractivity contribution < 1.29 is 4.74 Å². The van der Waals surface area contributed by atoms with Gasteiger partial charge in [-0.25, -0.2) is 0 Å². The molecular weight excluding hydrogens is 472 g/mol. The summed E-state index contributed by atoms with van der Waals surface area (Å²) in [6, 6.07) is 21.9. The second-order valence-corrected chi connectivity index (χ2v) is 10.8. The van der Waals surface area contributed by atoms with Crippen molar-refractivity contribution in [1.82, 2.24) is 19.7 Å². The molecule has 0 aliphatic carbocycles. The summed E-state index contributed by atoms with van der Waals surface area (Å²) in [5, 5.41) is 0. The molecule has 0 radical (unpaired) electrons. The van der Waals surface area contributed by atoms with Crippen LogP contribution in [0.1, 0.15) is 16.8 Å². The van der Waals surface area contributed by atoms with E-state index in [9.17, 15) is 0 Å². The van der Waals surface area contributed by atoms with Gasteiger partial charge in [-0.15, -0.1) is 0 Å². The molecule has 1 aromatic heterocycles. The Labute approximate surface area is 228 Å². The molecule has 5 rings (SSSR count). The molecule has 3 aromatic rings. The molecule has 7 heteroatoms. The standard InChI is InChI=1S/C31H42N6O/c1-33-12-16-35(17-13-33)25-28-22-30(10-11-32-28)37(24-27-7-5-9-31(21-27)38-3)23-26-6-4-8-29(20-26)36-18-14-34(2)15-19-36/h4-11,20-22H,12-19,23-25H2,1-3H3. The Morgan fingerprint density at radius 3 is 2.13 bits per heavy atom. The summed E-state index contributed by atoms with van der Waals surface area (Å²) in [6.07, 6.45) is 1.97. The fourth-order valence-electron chi connectivity index (χ4n) is 5.35. The zero-order valence-electron chi connectivity index (χ0n) is 23.2. The first-order valence-electron chi connectivity index (χ1n) is 13.8. The molecule has 38 heavy (non-hydrogen) atoms. The van der Waals surface area contributed by atoms with E-state index in [4.69, 9.17) is 9.72 Å². The molecule has 0 atom stereocenters. The third-order valence-electron chi connectivity index (χ3n) is 7.81. The molecule has 0 bridgehead atoms. The summed E-state index contributed by atoms with van der Waals surface area (Å²) in [6.45, 7) is 11.3. The topological polar surface area (TPSA) is 38.3 Å². The number of anilines is 2. The summed E-state index contributed by atoms with van der Waals surface area (Å²) in [4.78, 5) is 17.0. The lowest BCUT2D eigenvalue weighted by molar-refractivity contribution is 0.147. The van der Waals surface area contributed by atoms with Crippen LogP contribution in [0.25, 0.3) is 0 Å². The van der Waals surface area contributed by atoms with Crippen molar-refractivity contribution >= 4 is 11.4 Å². The molecule has 7 nitrogen and oxygen atoms in total. The normalized spacial score (nSPS) is 17.5. The van der Waals surface area contributed by atoms with Gasteiger partial charge in [0.15, 0.2) is 0 Å². The predicted octanol–water partition coefficient (Wildman–Crippen LogP) is 3.80. The number of hydrogen-bond donors (Lipinski definition) is 0. The maximum Gasteiger partial charge on any atom is 0.119 e. The molecule has 0 saturated carbocycles. The minimum Gasteiger partial charge on any atom is -0.497 e. The third-order valence-corrected chi connectivity index (χ3v) is 7.81. The van der Waals surface area contributed by atoms with Crippen LogP contribution in [0.5, 0.6) is 5.75 Å². The van der Waals surface area contributed by atoms with Crippen molar-refractivity contribution in [2.75, 3.05) is 83.4 Å². The van der Waals surface area contributed by atoms with E-state index in [-0.39, 0.29) is 0 Å². The SMILES string of the molecule is COc1cccc(CN(Cc2cccc(N3CCN(C)CC3)c2)c2ccnc(CN3CCN(C)CC3)c2)c1. The highest BCUT2D eigenvalue weighted by atomic mass is 16.5. The largest absolute Gasteiger partial charge is 0.497 e. The molecule has 2 aromatic carbocycles. The molecule has 0 N–H and O–H groups in total. The maximum atomic E-state index is 5.52. The molecule has 3 heterocycles. The first kappa shape index (κ1) is 26.5. The molecular formula is C31H42N6O. The number of hydrogen-bond acceptors (Lipinski definition) is 7. The van der Waals surface area contributed by atoms with Gasteiger partial charge in [0.1, 0.15) is 5.75 Å². The number of rotatable bonds is 9. The van der Waals surface area contributed by atoms with Gasteiger partial charge in [-0.3, -0.25) is 9.88 Å². The van der Waals surface area contributed by atoms with Gasteiger partial charge >= 0.3 is 0 Å². The lowest BCUT2D eigenvalue weighted by Gasteiger charge is -2.34. The fraction of sp³-hybridized carbons (Fsp3) is 0.452. The Morgan fingerprint density at radius 2 is 1.42 bits per heavy atom. The lowest BCUT2D eigenvalue weighted by Crippen LogP contribution is -2.44. The van der Waals surface area contributed by atoms with Crippen LogP contribution in [0.15, 0.2) is 66.9 Å². The molecule has 0 spiro atoms. The van der Waals surface area contributed by atoms with Crippen LogP contribution in [0.2, 0.25) is 0 Å². The van der Waals surface area contributed by atoms with Gasteiger partial charge in [0, 0.05) is 89.6 Å². The number of likely N-dealkylation sites (N-methyl/N-ethyl adjacent to an activating group) is 2. The Balaban J connectivity index is 1.37. The quantitative estimate of drug-likeness (QED) is 0.430. The van der Waals surface area contributed by atoms with Crippen molar-refractivity contribution in [1.29, 1.82) is 0 Å². The van der Waals surface area contributed by atoms with Crippen LogP contribution >= 0.6 is 0 Å². The minimum atomic E-state index is 0.800. The minimum absolute atomic E-state index is 0.800. The van der Waals surface area contributed by atoms with Gasteiger partial charge in [-0.2, -0.15) is 0 Å². The van der Waals surface area contributed by atoms with Gasteiger partial charge in [-0.1, -0.05) is 24.3 Å². The molecule has 0 unspecified atom stereocenters. The first-order chi connectivity index (χ1) is 18.6. The average molecular weight is 515 g/mol. The van der Waals surface area contributed by atoms with Crippen LogP contribution in [-0.2, 0) is 19.6 Å². The van der Waals surface area contributed by atoms with Crippen molar-refractivity contribution in [3.63, 3.8) is 0 Å². The maximum absolute atomic E-state index is 5.52.